The lowest BCUT2D eigenvalue weighted by molar-refractivity contribution is 0.103. The number of rotatable bonds is 5. The normalized spacial score (nSPS) is 10.0. The second kappa shape index (κ2) is 8.39. The lowest BCUT2D eigenvalue weighted by Crippen LogP contribution is -2.13. The molecule has 1 amide bonds. The van der Waals surface area contributed by atoms with Gasteiger partial charge in [-0.05, 0) is 42.1 Å². The van der Waals surface area contributed by atoms with Crippen molar-refractivity contribution < 1.29 is 4.79 Å². The molecule has 6 heteroatoms. The number of carbonyl (C=O) groups is 1. The van der Waals surface area contributed by atoms with Gasteiger partial charge in [0.15, 0.2) is 0 Å². The van der Waals surface area contributed by atoms with Gasteiger partial charge in [-0.25, -0.2) is 0 Å². The smallest absolute Gasteiger partial charge is 0.267 e. The Hall–Kier alpha value is -1.07. The van der Waals surface area contributed by atoms with Gasteiger partial charge in [-0.2, -0.15) is 0 Å². The molecule has 0 saturated heterocycles. The molecule has 0 fully saturated rings. The van der Waals surface area contributed by atoms with E-state index in [1.807, 2.05) is 36.6 Å². The highest BCUT2D eigenvalue weighted by Gasteiger charge is 2.14. The van der Waals surface area contributed by atoms with E-state index in [2.05, 4.69) is 17.6 Å². The van der Waals surface area contributed by atoms with Crippen LogP contribution in [0.2, 0.25) is 5.02 Å². The molecule has 1 aromatic carbocycles. The summed E-state index contributed by atoms with van der Waals surface area (Å²) < 4.78 is 0. The number of aryl methyl sites for hydroxylation is 1. The average molecular weight is 345 g/mol. The van der Waals surface area contributed by atoms with E-state index in [9.17, 15) is 4.79 Å². The van der Waals surface area contributed by atoms with E-state index in [-0.39, 0.29) is 18.3 Å². The van der Waals surface area contributed by atoms with Gasteiger partial charge in [0.25, 0.3) is 5.91 Å². The van der Waals surface area contributed by atoms with Crippen LogP contribution in [0.4, 0.5) is 5.69 Å². The minimum absolute atomic E-state index is 0. The Labute approximate surface area is 140 Å². The molecule has 0 bridgehead atoms. The number of thiophene rings is 1. The SMILES string of the molecule is CCNCc1cccc(NC(=O)c2scc(C)c2Cl)c1.Cl. The van der Waals surface area contributed by atoms with Crippen LogP contribution < -0.4 is 10.6 Å². The minimum Gasteiger partial charge on any atom is -0.321 e. The maximum atomic E-state index is 12.2. The molecule has 2 N–H and O–H groups in total. The van der Waals surface area contributed by atoms with E-state index >= 15 is 0 Å². The number of benzene rings is 1. The predicted molar refractivity (Wildman–Crippen MR) is 93.1 cm³/mol. The molecule has 2 aromatic rings. The summed E-state index contributed by atoms with van der Waals surface area (Å²) in [5.74, 6) is -0.159. The molecule has 1 heterocycles. The number of hydrogen-bond donors (Lipinski definition) is 2. The molecule has 0 unspecified atom stereocenters. The summed E-state index contributed by atoms with van der Waals surface area (Å²) in [4.78, 5) is 12.7. The number of nitrogens with one attached hydrogen (secondary N) is 2. The van der Waals surface area contributed by atoms with Crippen LogP contribution in [0.15, 0.2) is 29.6 Å². The highest BCUT2D eigenvalue weighted by molar-refractivity contribution is 7.13. The highest BCUT2D eigenvalue weighted by Crippen LogP contribution is 2.27. The summed E-state index contributed by atoms with van der Waals surface area (Å²) >= 11 is 7.47. The summed E-state index contributed by atoms with van der Waals surface area (Å²) in [5.41, 5.74) is 2.85. The number of carbonyl (C=O) groups excluding carboxylic acids is 1. The van der Waals surface area contributed by atoms with Crippen molar-refractivity contribution in [1.29, 1.82) is 0 Å². The van der Waals surface area contributed by atoms with Gasteiger partial charge in [-0.3, -0.25) is 4.79 Å². The van der Waals surface area contributed by atoms with Crippen LogP contribution >= 0.6 is 35.3 Å². The van der Waals surface area contributed by atoms with Crippen LogP contribution in [0.3, 0.4) is 0 Å². The van der Waals surface area contributed by atoms with Gasteiger partial charge < -0.3 is 10.6 Å². The standard InChI is InChI=1S/C15H17ClN2OS.ClH/c1-3-17-8-11-5-4-6-12(7-11)18-15(19)14-13(16)10(2)9-20-14;/h4-7,9,17H,3,8H2,1-2H3,(H,18,19);1H. The van der Waals surface area contributed by atoms with Crippen molar-refractivity contribution >= 4 is 46.9 Å². The first-order chi connectivity index (χ1) is 9.61. The molecule has 0 aliphatic heterocycles. The maximum Gasteiger partial charge on any atom is 0.267 e. The zero-order chi connectivity index (χ0) is 14.5. The third-order valence-corrected chi connectivity index (χ3v) is 4.57. The van der Waals surface area contributed by atoms with Gasteiger partial charge in [-0.1, -0.05) is 30.7 Å². The monoisotopic (exact) mass is 344 g/mol. The first-order valence-corrected chi connectivity index (χ1v) is 7.72. The van der Waals surface area contributed by atoms with Crippen molar-refractivity contribution in [1.82, 2.24) is 5.32 Å². The first-order valence-electron chi connectivity index (χ1n) is 6.46. The Morgan fingerprint density at radius 1 is 1.38 bits per heavy atom. The van der Waals surface area contributed by atoms with Gasteiger partial charge in [0.2, 0.25) is 0 Å². The van der Waals surface area contributed by atoms with Crippen molar-refractivity contribution in [3.63, 3.8) is 0 Å². The van der Waals surface area contributed by atoms with E-state index in [1.54, 1.807) is 0 Å². The van der Waals surface area contributed by atoms with E-state index < -0.39 is 0 Å². The number of hydrogen-bond acceptors (Lipinski definition) is 3. The van der Waals surface area contributed by atoms with Crippen LogP contribution in [-0.4, -0.2) is 12.5 Å². The van der Waals surface area contributed by atoms with Crippen molar-refractivity contribution in [2.75, 3.05) is 11.9 Å². The van der Waals surface area contributed by atoms with Crippen LogP contribution in [0.25, 0.3) is 0 Å². The van der Waals surface area contributed by atoms with Crippen LogP contribution in [0.1, 0.15) is 27.7 Å². The molecule has 1 aromatic heterocycles. The topological polar surface area (TPSA) is 41.1 Å². The van der Waals surface area contributed by atoms with Gasteiger partial charge >= 0.3 is 0 Å². The molecule has 114 valence electrons. The third kappa shape index (κ3) is 4.71. The lowest BCUT2D eigenvalue weighted by atomic mass is 10.2. The number of halogens is 2. The Kier molecular flexibility index (Phi) is 7.18. The second-order valence-electron chi connectivity index (χ2n) is 4.50. The van der Waals surface area contributed by atoms with Crippen LogP contribution in [0, 0.1) is 6.92 Å². The third-order valence-electron chi connectivity index (χ3n) is 2.87. The fraction of sp³-hybridized carbons (Fsp3) is 0.267. The quantitative estimate of drug-likeness (QED) is 0.838. The van der Waals surface area contributed by atoms with Gasteiger partial charge in [-0.15, -0.1) is 23.7 Å². The molecule has 0 saturated carbocycles. The fourth-order valence-electron chi connectivity index (χ4n) is 1.80. The number of amides is 1. The fourth-order valence-corrected chi connectivity index (χ4v) is 2.97. The van der Waals surface area contributed by atoms with Crippen LogP contribution in [0.5, 0.6) is 0 Å². The van der Waals surface area contributed by atoms with E-state index in [0.29, 0.717) is 9.90 Å². The summed E-state index contributed by atoms with van der Waals surface area (Å²) in [6.45, 7) is 5.67. The van der Waals surface area contributed by atoms with E-state index in [4.69, 9.17) is 11.6 Å². The Morgan fingerprint density at radius 3 is 2.76 bits per heavy atom. The van der Waals surface area contributed by atoms with E-state index in [1.165, 1.54) is 11.3 Å². The molecule has 21 heavy (non-hydrogen) atoms. The Morgan fingerprint density at radius 2 is 2.14 bits per heavy atom. The zero-order valence-corrected chi connectivity index (χ0v) is 14.3. The number of anilines is 1. The summed E-state index contributed by atoms with van der Waals surface area (Å²) in [5, 5.41) is 8.57. The largest absolute Gasteiger partial charge is 0.321 e. The highest BCUT2D eigenvalue weighted by atomic mass is 35.5. The van der Waals surface area contributed by atoms with Gasteiger partial charge in [0.1, 0.15) is 4.88 Å². The summed E-state index contributed by atoms with van der Waals surface area (Å²) in [6, 6.07) is 7.81. The van der Waals surface area contributed by atoms with E-state index in [0.717, 1.165) is 29.9 Å². The minimum atomic E-state index is -0.159. The molecule has 0 aliphatic rings. The van der Waals surface area contributed by atoms with Crippen molar-refractivity contribution in [2.45, 2.75) is 20.4 Å². The second-order valence-corrected chi connectivity index (χ2v) is 5.75. The molecule has 0 aliphatic carbocycles. The molecule has 0 spiro atoms. The predicted octanol–water partition coefficient (Wildman–Crippen LogP) is 4.49. The first kappa shape index (κ1) is 18.0. The molecule has 0 radical (unpaired) electrons. The van der Waals surface area contributed by atoms with Crippen molar-refractivity contribution in [3.8, 4) is 0 Å². The Bertz CT molecular complexity index is 613. The van der Waals surface area contributed by atoms with Crippen molar-refractivity contribution in [2.24, 2.45) is 0 Å². The lowest BCUT2D eigenvalue weighted by Gasteiger charge is -2.07. The van der Waals surface area contributed by atoms with Crippen LogP contribution in [-0.2, 0) is 6.54 Å². The molecule has 2 rings (SSSR count). The molecular weight excluding hydrogens is 327 g/mol. The summed E-state index contributed by atoms with van der Waals surface area (Å²) in [7, 11) is 0. The molecule has 0 atom stereocenters. The average Bonchev–Trinajstić information content (AvgIpc) is 2.77. The summed E-state index contributed by atoms with van der Waals surface area (Å²) in [6.07, 6.45) is 0. The van der Waals surface area contributed by atoms with Gasteiger partial charge in [0.05, 0.1) is 5.02 Å². The molecular formula is C15H18Cl2N2OS. The zero-order valence-electron chi connectivity index (χ0n) is 11.9. The Balaban J connectivity index is 0.00000220. The molecule has 3 nitrogen and oxygen atoms in total. The van der Waals surface area contributed by atoms with Gasteiger partial charge in [0, 0.05) is 12.2 Å². The maximum absolute atomic E-state index is 12.2. The van der Waals surface area contributed by atoms with Crippen molar-refractivity contribution in [3.05, 3.63) is 50.7 Å².